The number of nitrogen functional groups attached to an aromatic ring is 1. The predicted molar refractivity (Wildman–Crippen MR) is 61.7 cm³/mol. The van der Waals surface area contributed by atoms with Gasteiger partial charge in [0, 0.05) is 0 Å². The second-order valence-corrected chi connectivity index (χ2v) is 3.35. The molecule has 0 aliphatic heterocycles. The molecule has 0 aliphatic rings. The molecule has 0 amide bonds. The first kappa shape index (κ1) is 11.1. The van der Waals surface area contributed by atoms with Crippen molar-refractivity contribution in [2.45, 2.75) is 0 Å². The van der Waals surface area contributed by atoms with E-state index in [1.807, 2.05) is 0 Å². The molecule has 0 bridgehead atoms. The highest BCUT2D eigenvalue weighted by atomic mass is 19.1. The van der Waals surface area contributed by atoms with Gasteiger partial charge in [0.25, 0.3) is 0 Å². The first-order valence-corrected chi connectivity index (χ1v) is 4.89. The number of amidine groups is 1. The number of aromatic nitrogens is 1. The van der Waals surface area contributed by atoms with E-state index in [0.29, 0.717) is 17.2 Å². The van der Waals surface area contributed by atoms with Crippen molar-refractivity contribution < 1.29 is 9.13 Å². The average Bonchev–Trinajstić information content (AvgIpc) is 2.33. The van der Waals surface area contributed by atoms with Crippen molar-refractivity contribution in [2.75, 3.05) is 0 Å². The third-order valence-corrected chi connectivity index (χ3v) is 2.06. The number of rotatable bonds is 3. The van der Waals surface area contributed by atoms with Gasteiger partial charge < -0.3 is 10.5 Å². The molecule has 0 radical (unpaired) electrons. The smallest absolute Gasteiger partial charge is 0.145 e. The van der Waals surface area contributed by atoms with Gasteiger partial charge in [-0.1, -0.05) is 0 Å². The summed E-state index contributed by atoms with van der Waals surface area (Å²) in [4.78, 5) is 3.94. The van der Waals surface area contributed by atoms with Crippen LogP contribution in [0.3, 0.4) is 0 Å². The summed E-state index contributed by atoms with van der Waals surface area (Å²) >= 11 is 0. The van der Waals surface area contributed by atoms with E-state index in [1.165, 1.54) is 30.5 Å². The highest BCUT2D eigenvalue weighted by molar-refractivity contribution is 5.92. The van der Waals surface area contributed by atoms with Crippen molar-refractivity contribution in [3.05, 3.63) is 54.1 Å². The van der Waals surface area contributed by atoms with Crippen LogP contribution in [-0.4, -0.2) is 10.8 Å². The number of nitrogens with two attached hydrogens (primary N) is 1. The summed E-state index contributed by atoms with van der Waals surface area (Å²) in [6.07, 6.45) is 1.46. The third-order valence-electron chi connectivity index (χ3n) is 2.06. The lowest BCUT2D eigenvalue weighted by Gasteiger charge is -2.05. The molecule has 0 atom stereocenters. The van der Waals surface area contributed by atoms with Crippen molar-refractivity contribution in [2.24, 2.45) is 5.73 Å². The standard InChI is InChI=1S/C12H10FN3O/c13-8-1-3-9(4-2-8)17-10-5-6-11(12(14)15)16-7-10/h1-7H,(H3,14,15). The maximum Gasteiger partial charge on any atom is 0.145 e. The van der Waals surface area contributed by atoms with E-state index in [-0.39, 0.29) is 11.7 Å². The van der Waals surface area contributed by atoms with Gasteiger partial charge in [-0.15, -0.1) is 0 Å². The summed E-state index contributed by atoms with van der Waals surface area (Å²) in [7, 11) is 0. The molecule has 0 aliphatic carbocycles. The number of nitrogens with zero attached hydrogens (tertiary/aromatic N) is 1. The first-order valence-electron chi connectivity index (χ1n) is 4.89. The minimum atomic E-state index is -0.317. The fourth-order valence-corrected chi connectivity index (χ4v) is 1.24. The molecule has 1 heterocycles. The fraction of sp³-hybridized carbons (Fsp3) is 0. The molecule has 3 N–H and O–H groups in total. The van der Waals surface area contributed by atoms with Crippen molar-refractivity contribution in [3.63, 3.8) is 0 Å². The summed E-state index contributed by atoms with van der Waals surface area (Å²) < 4.78 is 18.1. The molecular weight excluding hydrogens is 221 g/mol. The molecule has 0 saturated carbocycles. The van der Waals surface area contributed by atoms with E-state index in [1.54, 1.807) is 12.1 Å². The van der Waals surface area contributed by atoms with Gasteiger partial charge >= 0.3 is 0 Å². The number of pyridine rings is 1. The van der Waals surface area contributed by atoms with Gasteiger partial charge in [-0.25, -0.2) is 9.37 Å². The van der Waals surface area contributed by atoms with Crippen LogP contribution in [0.5, 0.6) is 11.5 Å². The molecule has 1 aromatic heterocycles. The number of halogens is 1. The number of nitrogens with one attached hydrogen (secondary N) is 1. The molecule has 5 heteroatoms. The Hall–Kier alpha value is -2.43. The van der Waals surface area contributed by atoms with Crippen LogP contribution >= 0.6 is 0 Å². The molecule has 2 rings (SSSR count). The van der Waals surface area contributed by atoms with E-state index in [9.17, 15) is 4.39 Å². The predicted octanol–water partition coefficient (Wildman–Crippen LogP) is 2.30. The Morgan fingerprint density at radius 1 is 1.12 bits per heavy atom. The van der Waals surface area contributed by atoms with Gasteiger partial charge in [0.1, 0.15) is 28.8 Å². The number of hydrogen-bond acceptors (Lipinski definition) is 3. The Morgan fingerprint density at radius 3 is 2.29 bits per heavy atom. The van der Waals surface area contributed by atoms with Gasteiger partial charge in [-0.05, 0) is 36.4 Å². The minimum Gasteiger partial charge on any atom is -0.456 e. The monoisotopic (exact) mass is 231 g/mol. The Balaban J connectivity index is 2.13. The van der Waals surface area contributed by atoms with Gasteiger partial charge in [0.05, 0.1) is 6.20 Å². The zero-order chi connectivity index (χ0) is 12.3. The lowest BCUT2D eigenvalue weighted by molar-refractivity contribution is 0.478. The largest absolute Gasteiger partial charge is 0.456 e. The Bertz CT molecular complexity index is 522. The normalized spacial score (nSPS) is 9.94. The van der Waals surface area contributed by atoms with Crippen molar-refractivity contribution in [1.29, 1.82) is 5.41 Å². The second kappa shape index (κ2) is 4.61. The van der Waals surface area contributed by atoms with Crippen LogP contribution in [0.2, 0.25) is 0 Å². The molecule has 2 aromatic rings. The number of hydrogen-bond donors (Lipinski definition) is 2. The quantitative estimate of drug-likeness (QED) is 0.628. The maximum absolute atomic E-state index is 12.7. The fourth-order valence-electron chi connectivity index (χ4n) is 1.24. The SMILES string of the molecule is N=C(N)c1ccc(Oc2ccc(F)cc2)cn1. The molecule has 1 aromatic carbocycles. The highest BCUT2D eigenvalue weighted by Gasteiger charge is 2.01. The molecular formula is C12H10FN3O. The average molecular weight is 231 g/mol. The highest BCUT2D eigenvalue weighted by Crippen LogP contribution is 2.20. The van der Waals surface area contributed by atoms with Gasteiger partial charge in [-0.2, -0.15) is 0 Å². The Morgan fingerprint density at radius 2 is 1.76 bits per heavy atom. The van der Waals surface area contributed by atoms with Crippen molar-refractivity contribution >= 4 is 5.84 Å². The van der Waals surface area contributed by atoms with Crippen LogP contribution in [0, 0.1) is 11.2 Å². The van der Waals surface area contributed by atoms with Crippen LogP contribution in [0.25, 0.3) is 0 Å². The zero-order valence-corrected chi connectivity index (χ0v) is 8.85. The summed E-state index contributed by atoms with van der Waals surface area (Å²) in [5.74, 6) is 0.603. The van der Waals surface area contributed by atoms with Crippen LogP contribution in [0.1, 0.15) is 5.69 Å². The summed E-state index contributed by atoms with van der Waals surface area (Å²) in [6, 6.07) is 8.90. The van der Waals surface area contributed by atoms with E-state index in [4.69, 9.17) is 15.9 Å². The molecule has 0 fully saturated rings. The minimum absolute atomic E-state index is 0.0988. The van der Waals surface area contributed by atoms with Crippen LogP contribution in [0.15, 0.2) is 42.6 Å². The topological polar surface area (TPSA) is 72.0 Å². The summed E-state index contributed by atoms with van der Waals surface area (Å²) in [5.41, 5.74) is 5.66. The first-order chi connectivity index (χ1) is 8.15. The van der Waals surface area contributed by atoms with E-state index in [0.717, 1.165) is 0 Å². The molecule has 0 unspecified atom stereocenters. The summed E-state index contributed by atoms with van der Waals surface area (Å²) in [5, 5.41) is 7.18. The van der Waals surface area contributed by atoms with E-state index in [2.05, 4.69) is 4.98 Å². The number of ether oxygens (including phenoxy) is 1. The second-order valence-electron chi connectivity index (χ2n) is 3.35. The Labute approximate surface area is 97.4 Å². The van der Waals surface area contributed by atoms with E-state index >= 15 is 0 Å². The molecule has 86 valence electrons. The lowest BCUT2D eigenvalue weighted by atomic mass is 10.3. The Kier molecular flexibility index (Phi) is 3.00. The van der Waals surface area contributed by atoms with Gasteiger partial charge in [0.2, 0.25) is 0 Å². The molecule has 17 heavy (non-hydrogen) atoms. The van der Waals surface area contributed by atoms with Crippen LogP contribution < -0.4 is 10.5 Å². The summed E-state index contributed by atoms with van der Waals surface area (Å²) in [6.45, 7) is 0. The zero-order valence-electron chi connectivity index (χ0n) is 8.85. The van der Waals surface area contributed by atoms with E-state index < -0.39 is 0 Å². The molecule has 4 nitrogen and oxygen atoms in total. The maximum atomic E-state index is 12.7. The van der Waals surface area contributed by atoms with Gasteiger partial charge in [-0.3, -0.25) is 5.41 Å². The van der Waals surface area contributed by atoms with Crippen molar-refractivity contribution in [3.8, 4) is 11.5 Å². The third kappa shape index (κ3) is 2.78. The molecule has 0 spiro atoms. The lowest BCUT2D eigenvalue weighted by Crippen LogP contribution is -2.12. The van der Waals surface area contributed by atoms with Crippen LogP contribution in [0.4, 0.5) is 4.39 Å². The van der Waals surface area contributed by atoms with Gasteiger partial charge in [0.15, 0.2) is 0 Å². The molecule has 0 saturated heterocycles. The number of benzene rings is 1. The van der Waals surface area contributed by atoms with Crippen LogP contribution in [-0.2, 0) is 0 Å². The van der Waals surface area contributed by atoms with Crippen molar-refractivity contribution in [1.82, 2.24) is 4.98 Å².